The van der Waals surface area contributed by atoms with Crippen molar-refractivity contribution in [3.63, 3.8) is 0 Å². The molecule has 0 bridgehead atoms. The van der Waals surface area contributed by atoms with Crippen LogP contribution < -0.4 is 0 Å². The first-order valence-electron chi connectivity index (χ1n) is 4.96. The zero-order valence-electron chi connectivity index (χ0n) is 8.62. The first kappa shape index (κ1) is 10.0. The first-order chi connectivity index (χ1) is 5.52. The minimum atomic E-state index is -0.0974. The lowest BCUT2D eigenvalue weighted by Crippen LogP contribution is -2.38. The van der Waals surface area contributed by atoms with Gasteiger partial charge in [-0.2, -0.15) is 0 Å². The van der Waals surface area contributed by atoms with Gasteiger partial charge in [-0.15, -0.1) is 0 Å². The summed E-state index contributed by atoms with van der Waals surface area (Å²) in [4.78, 5) is 2.41. The van der Waals surface area contributed by atoms with Crippen LogP contribution in [0.3, 0.4) is 0 Å². The van der Waals surface area contributed by atoms with Crippen LogP contribution in [0.25, 0.3) is 0 Å². The molecule has 0 spiro atoms. The van der Waals surface area contributed by atoms with Gasteiger partial charge in [-0.1, -0.05) is 13.8 Å². The predicted molar refractivity (Wildman–Crippen MR) is 51.1 cm³/mol. The van der Waals surface area contributed by atoms with E-state index in [1.807, 2.05) is 0 Å². The quantitative estimate of drug-likeness (QED) is 0.680. The summed E-state index contributed by atoms with van der Waals surface area (Å²) in [6.07, 6.45) is 0.857. The Hall–Kier alpha value is -0.0800. The second-order valence-corrected chi connectivity index (χ2v) is 4.49. The van der Waals surface area contributed by atoms with Crippen LogP contribution in [0, 0.1) is 5.92 Å². The molecule has 0 radical (unpaired) electrons. The number of β-amino-alcohol motifs (C(OH)–C–C–N with tert-alkyl or cyclic N) is 1. The molecule has 0 saturated carbocycles. The van der Waals surface area contributed by atoms with Crippen LogP contribution >= 0.6 is 0 Å². The number of aliphatic hydroxyl groups is 1. The Balaban J connectivity index is 2.59. The zero-order valence-corrected chi connectivity index (χ0v) is 8.62. The van der Waals surface area contributed by atoms with Crippen molar-refractivity contribution in [2.45, 2.75) is 52.3 Å². The van der Waals surface area contributed by atoms with E-state index in [0.717, 1.165) is 13.0 Å². The Morgan fingerprint density at radius 2 is 1.83 bits per heavy atom. The van der Waals surface area contributed by atoms with E-state index in [4.69, 9.17) is 0 Å². The highest BCUT2D eigenvalue weighted by Crippen LogP contribution is 2.25. The fourth-order valence-electron chi connectivity index (χ4n) is 2.12. The fourth-order valence-corrected chi connectivity index (χ4v) is 2.12. The van der Waals surface area contributed by atoms with E-state index >= 15 is 0 Å². The average molecular weight is 171 g/mol. The van der Waals surface area contributed by atoms with E-state index in [9.17, 15) is 5.11 Å². The second kappa shape index (κ2) is 3.75. The van der Waals surface area contributed by atoms with E-state index in [0.29, 0.717) is 18.0 Å². The van der Waals surface area contributed by atoms with Gasteiger partial charge >= 0.3 is 0 Å². The average Bonchev–Trinajstić information content (AvgIpc) is 2.31. The SMILES string of the molecule is CC(C)[C@H]1C[C@@H](O)CN1C(C)C. The number of hydrogen-bond acceptors (Lipinski definition) is 2. The van der Waals surface area contributed by atoms with Crippen LogP contribution in [-0.2, 0) is 0 Å². The summed E-state index contributed by atoms with van der Waals surface area (Å²) in [5.41, 5.74) is 0. The Kier molecular flexibility index (Phi) is 3.13. The van der Waals surface area contributed by atoms with Crippen molar-refractivity contribution in [3.05, 3.63) is 0 Å². The van der Waals surface area contributed by atoms with Gasteiger partial charge in [0.2, 0.25) is 0 Å². The van der Waals surface area contributed by atoms with E-state index in [2.05, 4.69) is 32.6 Å². The van der Waals surface area contributed by atoms with Crippen LogP contribution in [0.1, 0.15) is 34.1 Å². The topological polar surface area (TPSA) is 23.5 Å². The van der Waals surface area contributed by atoms with Crippen molar-refractivity contribution in [2.24, 2.45) is 5.92 Å². The maximum absolute atomic E-state index is 9.53. The van der Waals surface area contributed by atoms with Gasteiger partial charge in [0.25, 0.3) is 0 Å². The molecule has 0 aromatic rings. The van der Waals surface area contributed by atoms with Gasteiger partial charge in [0.15, 0.2) is 0 Å². The minimum Gasteiger partial charge on any atom is -0.392 e. The third-order valence-electron chi connectivity index (χ3n) is 2.79. The smallest absolute Gasteiger partial charge is 0.0682 e. The molecule has 0 aromatic heterocycles. The van der Waals surface area contributed by atoms with Crippen molar-refractivity contribution in [1.29, 1.82) is 0 Å². The van der Waals surface area contributed by atoms with Gasteiger partial charge in [0.1, 0.15) is 0 Å². The van der Waals surface area contributed by atoms with Crippen molar-refractivity contribution < 1.29 is 5.11 Å². The Morgan fingerprint density at radius 3 is 2.17 bits per heavy atom. The van der Waals surface area contributed by atoms with Gasteiger partial charge in [0, 0.05) is 18.6 Å². The molecule has 2 nitrogen and oxygen atoms in total. The third-order valence-corrected chi connectivity index (χ3v) is 2.79. The number of aliphatic hydroxyl groups excluding tert-OH is 1. The summed E-state index contributed by atoms with van der Waals surface area (Å²) in [7, 11) is 0. The number of likely N-dealkylation sites (tertiary alicyclic amines) is 1. The van der Waals surface area contributed by atoms with E-state index in [1.165, 1.54) is 0 Å². The molecule has 12 heavy (non-hydrogen) atoms. The third kappa shape index (κ3) is 1.99. The zero-order chi connectivity index (χ0) is 9.30. The van der Waals surface area contributed by atoms with Crippen LogP contribution in [0.15, 0.2) is 0 Å². The van der Waals surface area contributed by atoms with Crippen molar-refractivity contribution in [1.82, 2.24) is 4.90 Å². The number of hydrogen-bond donors (Lipinski definition) is 1. The molecule has 2 heteroatoms. The highest BCUT2D eigenvalue weighted by molar-refractivity contribution is 4.88. The highest BCUT2D eigenvalue weighted by Gasteiger charge is 2.33. The largest absolute Gasteiger partial charge is 0.392 e. The lowest BCUT2D eigenvalue weighted by Gasteiger charge is -2.30. The summed E-state index contributed by atoms with van der Waals surface area (Å²) < 4.78 is 0. The van der Waals surface area contributed by atoms with E-state index < -0.39 is 0 Å². The Labute approximate surface area is 75.6 Å². The molecule has 0 aromatic carbocycles. The van der Waals surface area contributed by atoms with Gasteiger partial charge in [-0.3, -0.25) is 4.90 Å². The van der Waals surface area contributed by atoms with Gasteiger partial charge in [-0.25, -0.2) is 0 Å². The molecule has 1 fully saturated rings. The molecular formula is C10H21NO. The van der Waals surface area contributed by atoms with Crippen molar-refractivity contribution in [3.8, 4) is 0 Å². The van der Waals surface area contributed by atoms with E-state index in [-0.39, 0.29) is 6.10 Å². The molecule has 0 aliphatic carbocycles. The molecule has 1 aliphatic heterocycles. The van der Waals surface area contributed by atoms with Crippen molar-refractivity contribution >= 4 is 0 Å². The first-order valence-corrected chi connectivity index (χ1v) is 4.96. The normalized spacial score (nSPS) is 32.2. The molecule has 1 rings (SSSR count). The second-order valence-electron chi connectivity index (χ2n) is 4.49. The van der Waals surface area contributed by atoms with Crippen LogP contribution in [0.2, 0.25) is 0 Å². The molecular weight excluding hydrogens is 150 g/mol. The molecule has 1 heterocycles. The number of rotatable bonds is 2. The monoisotopic (exact) mass is 171 g/mol. The molecule has 1 aliphatic rings. The Morgan fingerprint density at radius 1 is 1.25 bits per heavy atom. The van der Waals surface area contributed by atoms with Crippen LogP contribution in [-0.4, -0.2) is 34.7 Å². The molecule has 0 unspecified atom stereocenters. The summed E-state index contributed by atoms with van der Waals surface area (Å²) in [5.74, 6) is 0.657. The fraction of sp³-hybridized carbons (Fsp3) is 1.00. The van der Waals surface area contributed by atoms with Crippen LogP contribution in [0.4, 0.5) is 0 Å². The molecule has 0 amide bonds. The Bertz CT molecular complexity index is 129. The van der Waals surface area contributed by atoms with Crippen molar-refractivity contribution in [2.75, 3.05) is 6.54 Å². The highest BCUT2D eigenvalue weighted by atomic mass is 16.3. The van der Waals surface area contributed by atoms with Crippen LogP contribution in [0.5, 0.6) is 0 Å². The molecule has 1 N–H and O–H groups in total. The lowest BCUT2D eigenvalue weighted by molar-refractivity contribution is 0.148. The lowest BCUT2D eigenvalue weighted by atomic mass is 10.0. The van der Waals surface area contributed by atoms with E-state index in [1.54, 1.807) is 0 Å². The number of nitrogens with zero attached hydrogens (tertiary/aromatic N) is 1. The van der Waals surface area contributed by atoms with Gasteiger partial charge < -0.3 is 5.11 Å². The summed E-state index contributed by atoms with van der Waals surface area (Å²) in [6, 6.07) is 1.15. The predicted octanol–water partition coefficient (Wildman–Crippen LogP) is 1.49. The maximum Gasteiger partial charge on any atom is 0.0682 e. The minimum absolute atomic E-state index is 0.0974. The van der Waals surface area contributed by atoms with Gasteiger partial charge in [-0.05, 0) is 26.2 Å². The van der Waals surface area contributed by atoms with Gasteiger partial charge in [0.05, 0.1) is 6.10 Å². The summed E-state index contributed by atoms with van der Waals surface area (Å²) in [6.45, 7) is 9.73. The standard InChI is InChI=1S/C10H21NO/c1-7(2)10-5-9(12)6-11(10)8(3)4/h7-10,12H,5-6H2,1-4H3/t9-,10-/m1/s1. The molecule has 1 saturated heterocycles. The maximum atomic E-state index is 9.53. The molecule has 2 atom stereocenters. The summed E-state index contributed by atoms with van der Waals surface area (Å²) >= 11 is 0. The summed E-state index contributed by atoms with van der Waals surface area (Å²) in [5, 5.41) is 9.53. The molecule has 72 valence electrons.